The van der Waals surface area contributed by atoms with E-state index in [0.29, 0.717) is 12.0 Å². The highest BCUT2D eigenvalue weighted by molar-refractivity contribution is 5.22. The monoisotopic (exact) mass is 269 g/mol. The predicted octanol–water partition coefficient (Wildman–Crippen LogP) is 3.24. The standard InChI is InChI=1S/C17H23N3/c1-20-13-14(12-19-20)11-18-17-10-6-5-9-16(17)15-7-3-2-4-8-15/h2-4,7-8,12-13,16-18H,5-6,9-11H2,1H3. The van der Waals surface area contributed by atoms with Gasteiger partial charge in [0.15, 0.2) is 0 Å². The lowest BCUT2D eigenvalue weighted by Crippen LogP contribution is -2.36. The Hall–Kier alpha value is -1.61. The van der Waals surface area contributed by atoms with Crippen LogP contribution in [0.4, 0.5) is 0 Å². The molecule has 1 heterocycles. The first-order valence-electron chi connectivity index (χ1n) is 7.59. The third-order valence-electron chi connectivity index (χ3n) is 4.32. The second-order valence-corrected chi connectivity index (χ2v) is 5.81. The molecular weight excluding hydrogens is 246 g/mol. The van der Waals surface area contributed by atoms with Gasteiger partial charge in [-0.25, -0.2) is 0 Å². The van der Waals surface area contributed by atoms with Crippen molar-refractivity contribution in [3.63, 3.8) is 0 Å². The van der Waals surface area contributed by atoms with Crippen molar-refractivity contribution in [2.24, 2.45) is 7.05 Å². The van der Waals surface area contributed by atoms with E-state index in [9.17, 15) is 0 Å². The van der Waals surface area contributed by atoms with Crippen molar-refractivity contribution in [1.29, 1.82) is 0 Å². The quantitative estimate of drug-likeness (QED) is 0.923. The summed E-state index contributed by atoms with van der Waals surface area (Å²) < 4.78 is 1.87. The first-order chi connectivity index (χ1) is 9.83. The van der Waals surface area contributed by atoms with Crippen LogP contribution in [0, 0.1) is 0 Å². The number of nitrogens with one attached hydrogen (secondary N) is 1. The van der Waals surface area contributed by atoms with Gasteiger partial charge in [-0.3, -0.25) is 4.68 Å². The van der Waals surface area contributed by atoms with Gasteiger partial charge in [0.1, 0.15) is 0 Å². The molecule has 0 spiro atoms. The summed E-state index contributed by atoms with van der Waals surface area (Å²) in [7, 11) is 1.97. The molecule has 2 atom stereocenters. The lowest BCUT2D eigenvalue weighted by Gasteiger charge is -2.32. The van der Waals surface area contributed by atoms with Crippen molar-refractivity contribution in [2.75, 3.05) is 0 Å². The van der Waals surface area contributed by atoms with Gasteiger partial charge in [0.2, 0.25) is 0 Å². The van der Waals surface area contributed by atoms with Crippen LogP contribution < -0.4 is 5.32 Å². The van der Waals surface area contributed by atoms with Crippen LogP contribution in [-0.4, -0.2) is 15.8 Å². The number of nitrogens with zero attached hydrogens (tertiary/aromatic N) is 2. The van der Waals surface area contributed by atoms with E-state index in [0.717, 1.165) is 6.54 Å². The van der Waals surface area contributed by atoms with E-state index >= 15 is 0 Å². The third kappa shape index (κ3) is 3.10. The molecule has 1 fully saturated rings. The van der Waals surface area contributed by atoms with Crippen LogP contribution in [0.5, 0.6) is 0 Å². The average molecular weight is 269 g/mol. The lowest BCUT2D eigenvalue weighted by molar-refractivity contribution is 0.326. The summed E-state index contributed by atoms with van der Waals surface area (Å²) in [5, 5.41) is 7.98. The Morgan fingerprint density at radius 1 is 1.20 bits per heavy atom. The molecular formula is C17H23N3. The number of aromatic nitrogens is 2. The predicted molar refractivity (Wildman–Crippen MR) is 81.5 cm³/mol. The third-order valence-corrected chi connectivity index (χ3v) is 4.32. The minimum atomic E-state index is 0.589. The zero-order chi connectivity index (χ0) is 13.8. The normalized spacial score (nSPS) is 22.9. The van der Waals surface area contributed by atoms with E-state index in [1.807, 2.05) is 17.9 Å². The van der Waals surface area contributed by atoms with Gasteiger partial charge in [0.05, 0.1) is 6.20 Å². The van der Waals surface area contributed by atoms with Crippen LogP contribution >= 0.6 is 0 Å². The summed E-state index contributed by atoms with van der Waals surface area (Å²) in [6.45, 7) is 0.918. The van der Waals surface area contributed by atoms with Crippen molar-refractivity contribution in [1.82, 2.24) is 15.1 Å². The maximum absolute atomic E-state index is 4.23. The highest BCUT2D eigenvalue weighted by Crippen LogP contribution is 2.33. The Bertz CT molecular complexity index is 532. The molecule has 3 nitrogen and oxygen atoms in total. The molecule has 1 N–H and O–H groups in total. The Kier molecular flexibility index (Phi) is 4.16. The van der Waals surface area contributed by atoms with Crippen LogP contribution in [0.15, 0.2) is 42.7 Å². The molecule has 1 aromatic carbocycles. The molecule has 3 rings (SSSR count). The smallest absolute Gasteiger partial charge is 0.0534 e. The lowest BCUT2D eigenvalue weighted by atomic mass is 9.80. The molecule has 2 aromatic rings. The van der Waals surface area contributed by atoms with Gasteiger partial charge in [0, 0.05) is 31.4 Å². The van der Waals surface area contributed by atoms with Crippen molar-refractivity contribution < 1.29 is 0 Å². The summed E-state index contributed by atoms with van der Waals surface area (Å²) in [5.41, 5.74) is 2.75. The number of benzene rings is 1. The van der Waals surface area contributed by atoms with Crippen LogP contribution in [0.25, 0.3) is 0 Å². The van der Waals surface area contributed by atoms with Gasteiger partial charge in [-0.05, 0) is 24.3 Å². The average Bonchev–Trinajstić information content (AvgIpc) is 2.92. The van der Waals surface area contributed by atoms with Gasteiger partial charge in [-0.2, -0.15) is 5.10 Å². The molecule has 0 radical (unpaired) electrons. The van der Waals surface area contributed by atoms with Crippen LogP contribution in [0.2, 0.25) is 0 Å². The van der Waals surface area contributed by atoms with E-state index in [1.54, 1.807) is 0 Å². The van der Waals surface area contributed by atoms with Crippen molar-refractivity contribution in [3.05, 3.63) is 53.9 Å². The van der Waals surface area contributed by atoms with E-state index in [1.165, 1.54) is 36.8 Å². The Labute approximate surface area is 121 Å². The minimum Gasteiger partial charge on any atom is -0.309 e. The SMILES string of the molecule is Cn1cc(CNC2CCCCC2c2ccccc2)cn1. The molecule has 0 bridgehead atoms. The van der Waals surface area contributed by atoms with Crippen molar-refractivity contribution >= 4 is 0 Å². The number of aryl methyl sites for hydroxylation is 1. The van der Waals surface area contributed by atoms with Crippen molar-refractivity contribution in [2.45, 2.75) is 44.2 Å². The highest BCUT2D eigenvalue weighted by Gasteiger charge is 2.25. The Morgan fingerprint density at radius 3 is 2.75 bits per heavy atom. The number of hydrogen-bond donors (Lipinski definition) is 1. The zero-order valence-electron chi connectivity index (χ0n) is 12.1. The first kappa shape index (κ1) is 13.4. The molecule has 0 aliphatic heterocycles. The number of rotatable bonds is 4. The molecule has 2 unspecified atom stereocenters. The topological polar surface area (TPSA) is 29.9 Å². The largest absolute Gasteiger partial charge is 0.309 e. The van der Waals surface area contributed by atoms with Gasteiger partial charge in [-0.15, -0.1) is 0 Å². The highest BCUT2D eigenvalue weighted by atomic mass is 15.2. The fourth-order valence-corrected chi connectivity index (χ4v) is 3.29. The van der Waals surface area contributed by atoms with Crippen LogP contribution in [-0.2, 0) is 13.6 Å². The zero-order valence-corrected chi connectivity index (χ0v) is 12.1. The van der Waals surface area contributed by atoms with E-state index in [-0.39, 0.29) is 0 Å². The molecule has 1 aromatic heterocycles. The molecule has 20 heavy (non-hydrogen) atoms. The summed E-state index contributed by atoms with van der Waals surface area (Å²) in [6.07, 6.45) is 9.31. The summed E-state index contributed by atoms with van der Waals surface area (Å²) in [4.78, 5) is 0. The van der Waals surface area contributed by atoms with Crippen LogP contribution in [0.1, 0.15) is 42.7 Å². The summed E-state index contributed by atoms with van der Waals surface area (Å²) in [6, 6.07) is 11.5. The summed E-state index contributed by atoms with van der Waals surface area (Å²) >= 11 is 0. The van der Waals surface area contributed by atoms with Crippen LogP contribution in [0.3, 0.4) is 0 Å². The molecule has 0 amide bonds. The second kappa shape index (κ2) is 6.23. The molecule has 106 valence electrons. The maximum atomic E-state index is 4.23. The van der Waals surface area contributed by atoms with Gasteiger partial charge in [0.25, 0.3) is 0 Å². The molecule has 0 saturated heterocycles. The number of hydrogen-bond acceptors (Lipinski definition) is 2. The summed E-state index contributed by atoms with van der Waals surface area (Å²) in [5.74, 6) is 0.654. The van der Waals surface area contributed by atoms with Gasteiger partial charge >= 0.3 is 0 Å². The molecule has 3 heteroatoms. The minimum absolute atomic E-state index is 0.589. The van der Waals surface area contributed by atoms with Gasteiger partial charge < -0.3 is 5.32 Å². The van der Waals surface area contributed by atoms with E-state index in [2.05, 4.69) is 46.9 Å². The Balaban J connectivity index is 1.66. The van der Waals surface area contributed by atoms with Crippen molar-refractivity contribution in [3.8, 4) is 0 Å². The van der Waals surface area contributed by atoms with E-state index < -0.39 is 0 Å². The fraction of sp³-hybridized carbons (Fsp3) is 0.471. The molecule has 1 aliphatic carbocycles. The van der Waals surface area contributed by atoms with Gasteiger partial charge in [-0.1, -0.05) is 43.2 Å². The molecule has 1 saturated carbocycles. The Morgan fingerprint density at radius 2 is 2.00 bits per heavy atom. The van der Waals surface area contributed by atoms with E-state index in [4.69, 9.17) is 0 Å². The maximum Gasteiger partial charge on any atom is 0.0534 e. The fourth-order valence-electron chi connectivity index (χ4n) is 3.29. The first-order valence-corrected chi connectivity index (χ1v) is 7.59. The molecule has 1 aliphatic rings. The second-order valence-electron chi connectivity index (χ2n) is 5.81.